The van der Waals surface area contributed by atoms with Crippen LogP contribution in [-0.4, -0.2) is 48.9 Å². The van der Waals surface area contributed by atoms with Crippen molar-refractivity contribution < 1.29 is 9.21 Å². The lowest BCUT2D eigenvalue weighted by molar-refractivity contribution is -0.134. The molecule has 0 saturated heterocycles. The normalized spacial score (nSPS) is 14.2. The summed E-state index contributed by atoms with van der Waals surface area (Å²) in [6.45, 7) is 7.90. The highest BCUT2D eigenvalue weighted by Gasteiger charge is 2.25. The molecule has 1 unspecified atom stereocenters. The summed E-state index contributed by atoms with van der Waals surface area (Å²) >= 11 is 0. The van der Waals surface area contributed by atoms with E-state index in [0.717, 1.165) is 24.5 Å². The number of carbonyl (C=O) groups excluding carboxylic acids is 1. The molecule has 1 heterocycles. The molecular formula is C16H29N3O2. The second-order valence-corrected chi connectivity index (χ2v) is 5.99. The van der Waals surface area contributed by atoms with Gasteiger partial charge in [-0.15, -0.1) is 0 Å². The maximum atomic E-state index is 12.6. The fraction of sp³-hybridized carbons (Fsp3) is 0.688. The topological polar surface area (TPSA) is 62.7 Å². The van der Waals surface area contributed by atoms with E-state index < -0.39 is 6.04 Å². The maximum Gasteiger partial charge on any atom is 0.240 e. The lowest BCUT2D eigenvalue weighted by Gasteiger charge is -2.28. The van der Waals surface area contributed by atoms with Gasteiger partial charge in [-0.25, -0.2) is 0 Å². The van der Waals surface area contributed by atoms with Crippen molar-refractivity contribution in [3.63, 3.8) is 0 Å². The van der Waals surface area contributed by atoms with Gasteiger partial charge in [-0.2, -0.15) is 0 Å². The van der Waals surface area contributed by atoms with Crippen LogP contribution in [-0.2, 0) is 11.3 Å². The van der Waals surface area contributed by atoms with Gasteiger partial charge in [0.05, 0.1) is 12.6 Å². The van der Waals surface area contributed by atoms with Gasteiger partial charge in [0, 0.05) is 13.1 Å². The number of nitrogens with two attached hydrogens (primary N) is 1. The van der Waals surface area contributed by atoms with Crippen LogP contribution in [0.1, 0.15) is 31.8 Å². The summed E-state index contributed by atoms with van der Waals surface area (Å²) in [4.78, 5) is 16.5. The van der Waals surface area contributed by atoms with Crippen LogP contribution in [0, 0.1) is 12.8 Å². The number of hydrogen-bond acceptors (Lipinski definition) is 4. The van der Waals surface area contributed by atoms with Crippen molar-refractivity contribution >= 4 is 5.91 Å². The highest BCUT2D eigenvalue weighted by Crippen LogP contribution is 2.13. The molecule has 2 N–H and O–H groups in total. The van der Waals surface area contributed by atoms with Crippen LogP contribution in [0.15, 0.2) is 16.5 Å². The van der Waals surface area contributed by atoms with Gasteiger partial charge < -0.3 is 20.0 Å². The van der Waals surface area contributed by atoms with Crippen molar-refractivity contribution in [3.8, 4) is 0 Å². The Hall–Kier alpha value is -1.33. The SMILES string of the molecule is CCC(C)[C@H](N)C(=O)N(CCN(C)C)Cc1ccc(C)o1. The van der Waals surface area contributed by atoms with E-state index in [-0.39, 0.29) is 11.8 Å². The number of carbonyl (C=O) groups is 1. The third-order valence-electron chi connectivity index (χ3n) is 3.81. The molecule has 5 heteroatoms. The minimum Gasteiger partial charge on any atom is -0.464 e. The Morgan fingerprint density at radius 3 is 2.48 bits per heavy atom. The van der Waals surface area contributed by atoms with Gasteiger partial charge in [0.1, 0.15) is 11.5 Å². The quantitative estimate of drug-likeness (QED) is 0.795. The third kappa shape index (κ3) is 5.52. The van der Waals surface area contributed by atoms with Crippen LogP contribution in [0.2, 0.25) is 0 Å². The lowest BCUT2D eigenvalue weighted by Crippen LogP contribution is -2.48. The number of amides is 1. The smallest absolute Gasteiger partial charge is 0.240 e. The lowest BCUT2D eigenvalue weighted by atomic mass is 9.99. The highest BCUT2D eigenvalue weighted by atomic mass is 16.3. The van der Waals surface area contributed by atoms with Crippen molar-refractivity contribution in [1.82, 2.24) is 9.80 Å². The Balaban J connectivity index is 2.77. The Bertz CT molecular complexity index is 442. The summed E-state index contributed by atoms with van der Waals surface area (Å²) in [6.07, 6.45) is 0.897. The van der Waals surface area contributed by atoms with E-state index in [9.17, 15) is 4.79 Å². The fourth-order valence-corrected chi connectivity index (χ4v) is 2.05. The first kappa shape index (κ1) is 17.7. The molecule has 1 aromatic heterocycles. The van der Waals surface area contributed by atoms with Crippen LogP contribution in [0.3, 0.4) is 0 Å². The fourth-order valence-electron chi connectivity index (χ4n) is 2.05. The summed E-state index contributed by atoms with van der Waals surface area (Å²) < 4.78 is 5.59. The number of aryl methyl sites for hydroxylation is 1. The molecule has 120 valence electrons. The molecule has 0 aliphatic carbocycles. The summed E-state index contributed by atoms with van der Waals surface area (Å²) in [7, 11) is 3.99. The van der Waals surface area contributed by atoms with Crippen molar-refractivity contribution in [3.05, 3.63) is 23.7 Å². The molecular weight excluding hydrogens is 266 g/mol. The summed E-state index contributed by atoms with van der Waals surface area (Å²) in [5.41, 5.74) is 6.10. The zero-order valence-corrected chi connectivity index (χ0v) is 13.9. The Labute approximate surface area is 128 Å². The minimum atomic E-state index is -0.451. The highest BCUT2D eigenvalue weighted by molar-refractivity contribution is 5.81. The zero-order chi connectivity index (χ0) is 16.0. The van der Waals surface area contributed by atoms with Gasteiger partial charge in [0.15, 0.2) is 0 Å². The summed E-state index contributed by atoms with van der Waals surface area (Å²) in [5, 5.41) is 0. The first-order valence-electron chi connectivity index (χ1n) is 7.59. The average Bonchev–Trinajstić information content (AvgIpc) is 2.86. The number of likely N-dealkylation sites (N-methyl/N-ethyl adjacent to an activating group) is 1. The molecule has 1 rings (SSSR count). The molecule has 21 heavy (non-hydrogen) atoms. The van der Waals surface area contributed by atoms with Crippen LogP contribution in [0.5, 0.6) is 0 Å². The Morgan fingerprint density at radius 1 is 1.33 bits per heavy atom. The van der Waals surface area contributed by atoms with Crippen LogP contribution < -0.4 is 5.73 Å². The average molecular weight is 295 g/mol. The second-order valence-electron chi connectivity index (χ2n) is 5.99. The van der Waals surface area contributed by atoms with Crippen molar-refractivity contribution in [2.75, 3.05) is 27.2 Å². The largest absolute Gasteiger partial charge is 0.464 e. The molecule has 0 spiro atoms. The monoisotopic (exact) mass is 295 g/mol. The Kier molecular flexibility index (Phi) is 6.92. The standard InChI is InChI=1S/C16H29N3O2/c1-6-12(2)15(17)16(20)19(10-9-18(4)5)11-14-8-7-13(3)21-14/h7-8,12,15H,6,9-11,17H2,1-5H3/t12?,15-/m0/s1. The van der Waals surface area contributed by atoms with E-state index in [1.54, 1.807) is 4.90 Å². The minimum absolute atomic E-state index is 0.000234. The van der Waals surface area contributed by atoms with E-state index >= 15 is 0 Å². The van der Waals surface area contributed by atoms with E-state index in [0.29, 0.717) is 13.1 Å². The molecule has 0 bridgehead atoms. The molecule has 0 aliphatic heterocycles. The van der Waals surface area contributed by atoms with E-state index in [4.69, 9.17) is 10.2 Å². The van der Waals surface area contributed by atoms with Gasteiger partial charge in [0.2, 0.25) is 5.91 Å². The van der Waals surface area contributed by atoms with Gasteiger partial charge in [-0.1, -0.05) is 20.3 Å². The Morgan fingerprint density at radius 2 is 2.00 bits per heavy atom. The van der Waals surface area contributed by atoms with Gasteiger partial charge in [-0.3, -0.25) is 4.79 Å². The molecule has 1 aromatic rings. The van der Waals surface area contributed by atoms with E-state index in [1.165, 1.54) is 0 Å². The van der Waals surface area contributed by atoms with E-state index in [2.05, 4.69) is 11.8 Å². The van der Waals surface area contributed by atoms with Crippen LogP contribution >= 0.6 is 0 Å². The maximum absolute atomic E-state index is 12.6. The van der Waals surface area contributed by atoms with E-state index in [1.807, 2.05) is 40.1 Å². The number of nitrogens with zero attached hydrogens (tertiary/aromatic N) is 2. The van der Waals surface area contributed by atoms with Crippen LogP contribution in [0.4, 0.5) is 0 Å². The summed E-state index contributed by atoms with van der Waals surface area (Å²) in [5.74, 6) is 1.84. The summed E-state index contributed by atoms with van der Waals surface area (Å²) in [6, 6.07) is 3.38. The number of furan rings is 1. The van der Waals surface area contributed by atoms with Crippen molar-refractivity contribution in [1.29, 1.82) is 0 Å². The number of hydrogen-bond donors (Lipinski definition) is 1. The molecule has 0 aromatic carbocycles. The third-order valence-corrected chi connectivity index (χ3v) is 3.81. The molecule has 0 aliphatic rings. The molecule has 0 saturated carbocycles. The number of rotatable bonds is 8. The second kappa shape index (κ2) is 8.20. The van der Waals surface area contributed by atoms with Gasteiger partial charge in [0.25, 0.3) is 0 Å². The van der Waals surface area contributed by atoms with Crippen LogP contribution in [0.25, 0.3) is 0 Å². The molecule has 0 fully saturated rings. The first-order valence-corrected chi connectivity index (χ1v) is 7.59. The molecule has 5 nitrogen and oxygen atoms in total. The first-order chi connectivity index (χ1) is 9.85. The molecule has 2 atom stereocenters. The van der Waals surface area contributed by atoms with Gasteiger partial charge >= 0.3 is 0 Å². The predicted octanol–water partition coefficient (Wildman–Crippen LogP) is 1.85. The predicted molar refractivity (Wildman–Crippen MR) is 84.8 cm³/mol. The molecule has 1 amide bonds. The van der Waals surface area contributed by atoms with Crippen molar-refractivity contribution in [2.45, 2.75) is 39.8 Å². The molecule has 0 radical (unpaired) electrons. The zero-order valence-electron chi connectivity index (χ0n) is 13.9. The van der Waals surface area contributed by atoms with Gasteiger partial charge in [-0.05, 0) is 39.1 Å². The van der Waals surface area contributed by atoms with Crippen molar-refractivity contribution in [2.24, 2.45) is 11.7 Å².